The van der Waals surface area contributed by atoms with Crippen LogP contribution < -0.4 is 0 Å². The van der Waals surface area contributed by atoms with Gasteiger partial charge in [-0.2, -0.15) is 0 Å². The summed E-state index contributed by atoms with van der Waals surface area (Å²) in [4.78, 5) is 0. The quantitative estimate of drug-likeness (QED) is 0.662. The van der Waals surface area contributed by atoms with Crippen LogP contribution in [-0.2, 0) is 0 Å². The SMILES string of the molecule is C=Cc1ccc(C)cc1.Cl/C=C/c1ccccc1. The molecule has 18 heavy (non-hydrogen) atoms. The smallest absolute Gasteiger partial charge is 0.00484 e. The minimum atomic E-state index is 1.13. The maximum atomic E-state index is 5.36. The maximum Gasteiger partial charge on any atom is 0.00484 e. The zero-order chi connectivity index (χ0) is 13.2. The van der Waals surface area contributed by atoms with Gasteiger partial charge in [-0.15, -0.1) is 0 Å². The van der Waals surface area contributed by atoms with Gasteiger partial charge in [-0.1, -0.05) is 84.4 Å². The van der Waals surface area contributed by atoms with E-state index >= 15 is 0 Å². The molecule has 0 saturated carbocycles. The Balaban J connectivity index is 0.000000180. The first kappa shape index (κ1) is 14.3. The minimum absolute atomic E-state index is 1.13. The summed E-state index contributed by atoms with van der Waals surface area (Å²) in [5, 5.41) is 0. The topological polar surface area (TPSA) is 0 Å². The van der Waals surface area contributed by atoms with Crippen molar-refractivity contribution in [3.8, 4) is 0 Å². The van der Waals surface area contributed by atoms with Crippen molar-refractivity contribution in [3.63, 3.8) is 0 Å². The van der Waals surface area contributed by atoms with E-state index in [-0.39, 0.29) is 0 Å². The van der Waals surface area contributed by atoms with Gasteiger partial charge in [-0.05, 0) is 24.1 Å². The van der Waals surface area contributed by atoms with Gasteiger partial charge < -0.3 is 0 Å². The molecule has 2 aromatic rings. The predicted molar refractivity (Wildman–Crippen MR) is 82.6 cm³/mol. The Hall–Kier alpha value is -1.79. The number of hydrogen-bond acceptors (Lipinski definition) is 0. The fourth-order valence-corrected chi connectivity index (χ4v) is 1.48. The highest BCUT2D eigenvalue weighted by Crippen LogP contribution is 2.03. The molecule has 0 saturated heterocycles. The highest BCUT2D eigenvalue weighted by Gasteiger charge is 1.82. The summed E-state index contributed by atoms with van der Waals surface area (Å²) >= 11 is 5.36. The Bertz CT molecular complexity index is 481. The molecule has 0 heterocycles. The van der Waals surface area contributed by atoms with Crippen LogP contribution in [0.2, 0.25) is 0 Å². The van der Waals surface area contributed by atoms with Crippen molar-refractivity contribution >= 4 is 23.8 Å². The monoisotopic (exact) mass is 256 g/mol. The van der Waals surface area contributed by atoms with Crippen molar-refractivity contribution in [2.45, 2.75) is 6.92 Å². The van der Waals surface area contributed by atoms with Crippen LogP contribution in [0.25, 0.3) is 12.2 Å². The molecule has 0 amide bonds. The van der Waals surface area contributed by atoms with Gasteiger partial charge in [0.25, 0.3) is 0 Å². The lowest BCUT2D eigenvalue weighted by Crippen LogP contribution is -1.71. The van der Waals surface area contributed by atoms with Gasteiger partial charge in [-0.3, -0.25) is 0 Å². The lowest BCUT2D eigenvalue weighted by molar-refractivity contribution is 1.46. The Labute approximate surface area is 114 Å². The van der Waals surface area contributed by atoms with E-state index in [0.29, 0.717) is 0 Å². The average Bonchev–Trinajstić information content (AvgIpc) is 2.42. The molecule has 0 aliphatic carbocycles. The Morgan fingerprint density at radius 3 is 2.00 bits per heavy atom. The molecule has 0 fully saturated rings. The molecule has 1 heteroatoms. The van der Waals surface area contributed by atoms with Crippen LogP contribution in [0, 0.1) is 6.92 Å². The standard InChI is InChI=1S/C9H10.C8H7Cl/c1-3-9-6-4-8(2)5-7-9;9-7-6-8-4-2-1-3-5-8/h3-7H,1H2,2H3;1-7H/b;7-6+. The number of hydrogen-bond donors (Lipinski definition) is 0. The molecule has 92 valence electrons. The molecule has 0 N–H and O–H groups in total. The van der Waals surface area contributed by atoms with Gasteiger partial charge >= 0.3 is 0 Å². The Kier molecular flexibility index (Phi) is 6.60. The fourth-order valence-electron chi connectivity index (χ4n) is 1.34. The Morgan fingerprint density at radius 1 is 0.889 bits per heavy atom. The number of halogens is 1. The summed E-state index contributed by atoms with van der Waals surface area (Å²) in [5.41, 5.74) is 5.11. The van der Waals surface area contributed by atoms with Crippen LogP contribution in [-0.4, -0.2) is 0 Å². The van der Waals surface area contributed by atoms with E-state index in [1.165, 1.54) is 16.7 Å². The molecule has 0 aliphatic heterocycles. The average molecular weight is 257 g/mol. The number of benzene rings is 2. The first-order valence-electron chi connectivity index (χ1n) is 5.77. The second-order valence-electron chi connectivity index (χ2n) is 3.82. The molecule has 0 bridgehead atoms. The normalized spacial score (nSPS) is 9.67. The third-order valence-electron chi connectivity index (χ3n) is 2.37. The largest absolute Gasteiger partial charge is 0.0985 e. The van der Waals surface area contributed by atoms with E-state index in [9.17, 15) is 0 Å². The summed E-state index contributed by atoms with van der Waals surface area (Å²) in [6.07, 6.45) is 3.70. The third kappa shape index (κ3) is 5.51. The molecule has 0 spiro atoms. The molecule has 0 unspecified atom stereocenters. The van der Waals surface area contributed by atoms with Gasteiger partial charge in [0.1, 0.15) is 0 Å². The minimum Gasteiger partial charge on any atom is -0.0985 e. The van der Waals surface area contributed by atoms with E-state index in [2.05, 4.69) is 37.8 Å². The first-order valence-corrected chi connectivity index (χ1v) is 6.21. The van der Waals surface area contributed by atoms with Crippen LogP contribution in [0.15, 0.2) is 66.7 Å². The van der Waals surface area contributed by atoms with Crippen molar-refractivity contribution in [1.82, 2.24) is 0 Å². The van der Waals surface area contributed by atoms with Gasteiger partial charge in [-0.25, -0.2) is 0 Å². The van der Waals surface area contributed by atoms with Gasteiger partial charge in [0.2, 0.25) is 0 Å². The predicted octanol–water partition coefficient (Wildman–Crippen LogP) is 5.53. The molecule has 0 atom stereocenters. The molecular weight excluding hydrogens is 240 g/mol. The zero-order valence-corrected chi connectivity index (χ0v) is 11.3. The third-order valence-corrected chi connectivity index (χ3v) is 2.49. The van der Waals surface area contributed by atoms with E-state index < -0.39 is 0 Å². The van der Waals surface area contributed by atoms with Crippen molar-refractivity contribution in [2.75, 3.05) is 0 Å². The molecule has 2 aromatic carbocycles. The molecular formula is C17H17Cl. The highest BCUT2D eigenvalue weighted by molar-refractivity contribution is 6.27. The van der Waals surface area contributed by atoms with Crippen molar-refractivity contribution < 1.29 is 0 Å². The maximum absolute atomic E-state index is 5.36. The molecule has 0 nitrogen and oxygen atoms in total. The first-order chi connectivity index (χ1) is 8.76. The van der Waals surface area contributed by atoms with E-state index in [1.807, 2.05) is 42.5 Å². The number of rotatable bonds is 2. The molecule has 2 rings (SSSR count). The summed E-state index contributed by atoms with van der Waals surface area (Å²) in [6.45, 7) is 5.74. The second kappa shape index (κ2) is 8.32. The summed E-state index contributed by atoms with van der Waals surface area (Å²) < 4.78 is 0. The van der Waals surface area contributed by atoms with E-state index in [0.717, 1.165) is 5.56 Å². The molecule has 0 radical (unpaired) electrons. The Morgan fingerprint density at radius 2 is 1.50 bits per heavy atom. The van der Waals surface area contributed by atoms with Crippen molar-refractivity contribution in [3.05, 3.63) is 83.4 Å². The van der Waals surface area contributed by atoms with Crippen molar-refractivity contribution in [1.29, 1.82) is 0 Å². The zero-order valence-electron chi connectivity index (χ0n) is 10.5. The summed E-state index contributed by atoms with van der Waals surface area (Å²) in [7, 11) is 0. The molecule has 0 aromatic heterocycles. The lowest BCUT2D eigenvalue weighted by Gasteiger charge is -1.91. The van der Waals surface area contributed by atoms with Crippen LogP contribution in [0.4, 0.5) is 0 Å². The summed E-state index contributed by atoms with van der Waals surface area (Å²) in [5.74, 6) is 0. The van der Waals surface area contributed by atoms with Gasteiger partial charge in [0.15, 0.2) is 0 Å². The van der Waals surface area contributed by atoms with Gasteiger partial charge in [0, 0.05) is 5.54 Å². The highest BCUT2D eigenvalue weighted by atomic mass is 35.5. The van der Waals surface area contributed by atoms with Crippen LogP contribution in [0.5, 0.6) is 0 Å². The summed E-state index contributed by atoms with van der Waals surface area (Å²) in [6, 6.07) is 18.2. The van der Waals surface area contributed by atoms with Crippen LogP contribution >= 0.6 is 11.6 Å². The second-order valence-corrected chi connectivity index (χ2v) is 4.07. The molecule has 0 aliphatic rings. The van der Waals surface area contributed by atoms with Crippen LogP contribution in [0.3, 0.4) is 0 Å². The van der Waals surface area contributed by atoms with Crippen molar-refractivity contribution in [2.24, 2.45) is 0 Å². The van der Waals surface area contributed by atoms with E-state index in [4.69, 9.17) is 11.6 Å². The van der Waals surface area contributed by atoms with Crippen LogP contribution in [0.1, 0.15) is 16.7 Å². The number of aryl methyl sites for hydroxylation is 1. The van der Waals surface area contributed by atoms with E-state index in [1.54, 1.807) is 0 Å². The van der Waals surface area contributed by atoms with Gasteiger partial charge in [0.05, 0.1) is 0 Å². The fraction of sp³-hybridized carbons (Fsp3) is 0.0588. The lowest BCUT2D eigenvalue weighted by atomic mass is 10.2.